The number of nitrogens with one attached hydrogen (secondary N) is 1. The second-order valence-corrected chi connectivity index (χ2v) is 4.29. The number of amides is 2. The van der Waals surface area contributed by atoms with Crippen LogP contribution in [0.25, 0.3) is 0 Å². The molecule has 0 radical (unpaired) electrons. The minimum atomic E-state index is -1.27. The van der Waals surface area contributed by atoms with E-state index in [1.807, 2.05) is 31.2 Å². The van der Waals surface area contributed by atoms with Crippen molar-refractivity contribution in [3.63, 3.8) is 0 Å². The molecule has 0 aliphatic rings. The van der Waals surface area contributed by atoms with E-state index in [0.29, 0.717) is 0 Å². The summed E-state index contributed by atoms with van der Waals surface area (Å²) >= 11 is 0. The van der Waals surface area contributed by atoms with E-state index in [9.17, 15) is 14.4 Å². The summed E-state index contributed by atoms with van der Waals surface area (Å²) in [4.78, 5) is 33.6. The Morgan fingerprint density at radius 1 is 1.05 bits per heavy atom. The highest BCUT2D eigenvalue weighted by molar-refractivity contribution is 5.84. The van der Waals surface area contributed by atoms with Gasteiger partial charge in [0.1, 0.15) is 13.1 Å². The van der Waals surface area contributed by atoms with Crippen molar-refractivity contribution in [2.24, 2.45) is 0 Å². The Bertz CT molecular complexity index is 482. The van der Waals surface area contributed by atoms with Gasteiger partial charge in [0.25, 0.3) is 0 Å². The first-order valence-corrected chi connectivity index (χ1v) is 5.90. The van der Waals surface area contributed by atoms with Crippen LogP contribution in [0.4, 0.5) is 4.79 Å². The van der Waals surface area contributed by atoms with Gasteiger partial charge in [0.2, 0.25) is 0 Å². The standard InChI is InChI=1S/C13H16N2O5/c1-9-2-4-10(5-3-9)6-14-13(20)15(7-11(16)17)8-12(18)19/h2-5H,6-8H2,1H3,(H,14,20)(H,16,17)(H,18,19). The summed E-state index contributed by atoms with van der Waals surface area (Å²) in [6.07, 6.45) is 0. The molecule has 0 bridgehead atoms. The molecule has 20 heavy (non-hydrogen) atoms. The van der Waals surface area contributed by atoms with Crippen LogP contribution in [0.3, 0.4) is 0 Å². The number of aryl methyl sites for hydroxylation is 1. The lowest BCUT2D eigenvalue weighted by atomic mass is 10.1. The fourth-order valence-corrected chi connectivity index (χ4v) is 1.52. The Balaban J connectivity index is 2.58. The molecule has 7 heteroatoms. The molecule has 1 aromatic carbocycles. The van der Waals surface area contributed by atoms with Crippen molar-refractivity contribution in [1.29, 1.82) is 0 Å². The number of hydrogen-bond donors (Lipinski definition) is 3. The van der Waals surface area contributed by atoms with Crippen molar-refractivity contribution >= 4 is 18.0 Å². The summed E-state index contributed by atoms with van der Waals surface area (Å²) < 4.78 is 0. The molecular formula is C13H16N2O5. The fraction of sp³-hybridized carbons (Fsp3) is 0.308. The summed E-state index contributed by atoms with van der Waals surface area (Å²) in [5.41, 5.74) is 1.92. The maximum absolute atomic E-state index is 11.7. The third kappa shape index (κ3) is 5.38. The minimum absolute atomic E-state index is 0.203. The third-order valence-corrected chi connectivity index (χ3v) is 2.50. The molecule has 0 aliphatic carbocycles. The molecule has 0 atom stereocenters. The van der Waals surface area contributed by atoms with Crippen molar-refractivity contribution in [2.45, 2.75) is 13.5 Å². The molecule has 0 aromatic heterocycles. The SMILES string of the molecule is Cc1ccc(CNC(=O)N(CC(=O)O)CC(=O)O)cc1. The summed E-state index contributed by atoms with van der Waals surface area (Å²) in [6.45, 7) is 0.816. The summed E-state index contributed by atoms with van der Waals surface area (Å²) in [5, 5.41) is 19.8. The van der Waals surface area contributed by atoms with Gasteiger partial charge >= 0.3 is 18.0 Å². The molecule has 0 saturated carbocycles. The number of carbonyl (C=O) groups excluding carboxylic acids is 1. The van der Waals surface area contributed by atoms with Crippen LogP contribution in [-0.4, -0.2) is 46.2 Å². The van der Waals surface area contributed by atoms with Crippen molar-refractivity contribution in [1.82, 2.24) is 10.2 Å². The van der Waals surface area contributed by atoms with Crippen LogP contribution in [0.2, 0.25) is 0 Å². The predicted molar refractivity (Wildman–Crippen MR) is 70.3 cm³/mol. The van der Waals surface area contributed by atoms with Gasteiger partial charge in [-0.2, -0.15) is 0 Å². The number of rotatable bonds is 6. The van der Waals surface area contributed by atoms with E-state index >= 15 is 0 Å². The lowest BCUT2D eigenvalue weighted by Crippen LogP contribution is -2.45. The Morgan fingerprint density at radius 3 is 2.00 bits per heavy atom. The molecule has 1 aromatic rings. The summed E-state index contributed by atoms with van der Waals surface area (Å²) in [7, 11) is 0. The van der Waals surface area contributed by atoms with Crippen LogP contribution in [0, 0.1) is 6.92 Å². The number of hydrogen-bond acceptors (Lipinski definition) is 3. The predicted octanol–water partition coefficient (Wildman–Crippen LogP) is 0.676. The molecule has 0 spiro atoms. The average molecular weight is 280 g/mol. The number of aliphatic carboxylic acids is 2. The van der Waals surface area contributed by atoms with Gasteiger partial charge in [0, 0.05) is 6.54 Å². The number of carboxylic acid groups (broad SMARTS) is 2. The van der Waals surface area contributed by atoms with Crippen LogP contribution in [0.5, 0.6) is 0 Å². The van der Waals surface area contributed by atoms with E-state index in [1.165, 1.54) is 0 Å². The van der Waals surface area contributed by atoms with Crippen molar-refractivity contribution in [3.8, 4) is 0 Å². The monoisotopic (exact) mass is 280 g/mol. The molecule has 0 heterocycles. The normalized spacial score (nSPS) is 9.85. The van der Waals surface area contributed by atoms with Crippen LogP contribution < -0.4 is 5.32 Å². The fourth-order valence-electron chi connectivity index (χ4n) is 1.52. The zero-order chi connectivity index (χ0) is 15.1. The summed E-state index contributed by atoms with van der Waals surface area (Å²) in [5.74, 6) is -2.53. The molecule has 0 fully saturated rings. The highest BCUT2D eigenvalue weighted by Gasteiger charge is 2.19. The average Bonchev–Trinajstić information content (AvgIpc) is 2.36. The van der Waals surface area contributed by atoms with Gasteiger partial charge in [-0.1, -0.05) is 29.8 Å². The maximum Gasteiger partial charge on any atom is 0.323 e. The van der Waals surface area contributed by atoms with Crippen LogP contribution in [-0.2, 0) is 16.1 Å². The highest BCUT2D eigenvalue weighted by Crippen LogP contribution is 2.03. The molecular weight excluding hydrogens is 264 g/mol. The Hall–Kier alpha value is -2.57. The first-order chi connectivity index (χ1) is 9.38. The van der Waals surface area contributed by atoms with E-state index in [-0.39, 0.29) is 6.54 Å². The highest BCUT2D eigenvalue weighted by atomic mass is 16.4. The molecule has 2 amide bonds. The molecule has 7 nitrogen and oxygen atoms in total. The minimum Gasteiger partial charge on any atom is -0.480 e. The van der Waals surface area contributed by atoms with Crippen LogP contribution in [0.1, 0.15) is 11.1 Å². The van der Waals surface area contributed by atoms with Gasteiger partial charge in [0.05, 0.1) is 0 Å². The Labute approximate surface area is 115 Å². The number of carbonyl (C=O) groups is 3. The quantitative estimate of drug-likeness (QED) is 0.710. The second kappa shape index (κ2) is 7.13. The van der Waals surface area contributed by atoms with Crippen molar-refractivity contribution in [3.05, 3.63) is 35.4 Å². The molecule has 1 rings (SSSR count). The first kappa shape index (κ1) is 15.5. The lowest BCUT2D eigenvalue weighted by Gasteiger charge is -2.19. The largest absolute Gasteiger partial charge is 0.480 e. The topological polar surface area (TPSA) is 107 Å². The smallest absolute Gasteiger partial charge is 0.323 e. The summed E-state index contributed by atoms with van der Waals surface area (Å²) in [6, 6.07) is 6.69. The van der Waals surface area contributed by atoms with Crippen molar-refractivity contribution < 1.29 is 24.6 Å². The molecule has 0 unspecified atom stereocenters. The molecule has 0 aliphatic heterocycles. The van der Waals surface area contributed by atoms with Crippen LogP contribution >= 0.6 is 0 Å². The van der Waals surface area contributed by atoms with E-state index in [4.69, 9.17) is 10.2 Å². The Morgan fingerprint density at radius 2 is 1.55 bits per heavy atom. The number of carboxylic acids is 2. The molecule has 0 saturated heterocycles. The maximum atomic E-state index is 11.7. The van der Waals surface area contributed by atoms with Gasteiger partial charge in [-0.15, -0.1) is 0 Å². The number of urea groups is 1. The zero-order valence-corrected chi connectivity index (χ0v) is 11.0. The lowest BCUT2D eigenvalue weighted by molar-refractivity contribution is -0.140. The van der Waals surface area contributed by atoms with Gasteiger partial charge in [-0.25, -0.2) is 4.79 Å². The van der Waals surface area contributed by atoms with Gasteiger partial charge in [-0.3, -0.25) is 9.59 Å². The van der Waals surface area contributed by atoms with E-state index in [2.05, 4.69) is 5.32 Å². The van der Waals surface area contributed by atoms with Gasteiger partial charge < -0.3 is 20.4 Å². The Kier molecular flexibility index (Phi) is 5.52. The van der Waals surface area contributed by atoms with Gasteiger partial charge in [0.15, 0.2) is 0 Å². The molecule has 108 valence electrons. The van der Waals surface area contributed by atoms with E-state index in [1.54, 1.807) is 0 Å². The number of nitrogens with zero attached hydrogens (tertiary/aromatic N) is 1. The van der Waals surface area contributed by atoms with Gasteiger partial charge in [-0.05, 0) is 12.5 Å². The third-order valence-electron chi connectivity index (χ3n) is 2.50. The second-order valence-electron chi connectivity index (χ2n) is 4.29. The van der Waals surface area contributed by atoms with E-state index in [0.717, 1.165) is 16.0 Å². The number of benzene rings is 1. The first-order valence-electron chi connectivity index (χ1n) is 5.90. The van der Waals surface area contributed by atoms with Crippen molar-refractivity contribution in [2.75, 3.05) is 13.1 Å². The zero-order valence-electron chi connectivity index (χ0n) is 11.0. The van der Waals surface area contributed by atoms with E-state index < -0.39 is 31.1 Å². The molecule has 3 N–H and O–H groups in total. The van der Waals surface area contributed by atoms with Crippen LogP contribution in [0.15, 0.2) is 24.3 Å².